The Bertz CT molecular complexity index is 932. The Morgan fingerprint density at radius 1 is 1.36 bits per heavy atom. The van der Waals surface area contributed by atoms with E-state index in [1.165, 1.54) is 12.1 Å². The number of anilines is 1. The van der Waals surface area contributed by atoms with E-state index in [4.69, 9.17) is 11.6 Å². The third kappa shape index (κ3) is 4.13. The summed E-state index contributed by atoms with van der Waals surface area (Å²) in [6.07, 6.45) is 1.17. The van der Waals surface area contributed by atoms with Gasteiger partial charge in [0.1, 0.15) is 11.6 Å². The van der Waals surface area contributed by atoms with Crippen molar-refractivity contribution >= 4 is 35.0 Å². The fraction of sp³-hybridized carbons (Fsp3) is 0.0588. The van der Waals surface area contributed by atoms with Gasteiger partial charge in [0.15, 0.2) is 0 Å². The monoisotopic (exact) mass is 356 g/mol. The van der Waals surface area contributed by atoms with Crippen molar-refractivity contribution in [2.24, 2.45) is 0 Å². The van der Waals surface area contributed by atoms with Crippen molar-refractivity contribution in [2.45, 2.75) is 6.92 Å². The SMILES string of the molecule is Cc1c(Cl)cccc1NC(=O)/C(C#N)=C/c1ccc([O-])c([N+](=O)[O-])c1. The van der Waals surface area contributed by atoms with E-state index >= 15 is 0 Å². The summed E-state index contributed by atoms with van der Waals surface area (Å²) >= 11 is 5.98. The third-order valence-corrected chi connectivity index (χ3v) is 3.78. The van der Waals surface area contributed by atoms with E-state index in [2.05, 4.69) is 5.32 Å². The highest BCUT2D eigenvalue weighted by Gasteiger charge is 2.13. The fourth-order valence-electron chi connectivity index (χ4n) is 2.01. The second kappa shape index (κ2) is 7.47. The summed E-state index contributed by atoms with van der Waals surface area (Å²) in [6, 6.07) is 10.00. The van der Waals surface area contributed by atoms with Crippen molar-refractivity contribution in [3.8, 4) is 11.8 Å². The van der Waals surface area contributed by atoms with Crippen LogP contribution in [0.1, 0.15) is 11.1 Å². The molecule has 0 atom stereocenters. The summed E-state index contributed by atoms with van der Waals surface area (Å²) in [5.41, 5.74) is 0.381. The van der Waals surface area contributed by atoms with E-state index in [9.17, 15) is 25.3 Å². The summed E-state index contributed by atoms with van der Waals surface area (Å²) in [4.78, 5) is 22.2. The number of nitro benzene ring substituents is 1. The lowest BCUT2D eigenvalue weighted by Crippen LogP contribution is -2.14. The van der Waals surface area contributed by atoms with E-state index in [1.807, 2.05) is 0 Å². The van der Waals surface area contributed by atoms with Gasteiger partial charge in [-0.2, -0.15) is 5.26 Å². The van der Waals surface area contributed by atoms with E-state index < -0.39 is 22.3 Å². The molecule has 0 spiro atoms. The molecule has 7 nitrogen and oxygen atoms in total. The van der Waals surface area contributed by atoms with Gasteiger partial charge in [-0.05, 0) is 42.0 Å². The van der Waals surface area contributed by atoms with Crippen LogP contribution in [0.15, 0.2) is 42.0 Å². The Kier molecular flexibility index (Phi) is 5.37. The molecule has 0 aliphatic heterocycles. The zero-order valence-corrected chi connectivity index (χ0v) is 13.7. The van der Waals surface area contributed by atoms with Gasteiger partial charge < -0.3 is 10.4 Å². The topological polar surface area (TPSA) is 119 Å². The molecule has 0 aliphatic carbocycles. The van der Waals surface area contributed by atoms with Crippen molar-refractivity contribution in [2.75, 3.05) is 5.32 Å². The van der Waals surface area contributed by atoms with Crippen LogP contribution < -0.4 is 10.4 Å². The van der Waals surface area contributed by atoms with Gasteiger partial charge in [-0.1, -0.05) is 29.8 Å². The molecule has 0 saturated carbocycles. The van der Waals surface area contributed by atoms with Crippen LogP contribution in [0, 0.1) is 28.4 Å². The number of carbonyl (C=O) groups is 1. The molecule has 0 aromatic heterocycles. The number of nitro groups is 1. The number of carbonyl (C=O) groups excluding carboxylic acids is 1. The maximum atomic E-state index is 12.3. The van der Waals surface area contributed by atoms with Crippen LogP contribution in [0.25, 0.3) is 6.08 Å². The van der Waals surface area contributed by atoms with Gasteiger partial charge in [-0.25, -0.2) is 0 Å². The van der Waals surface area contributed by atoms with Crippen molar-refractivity contribution in [3.63, 3.8) is 0 Å². The van der Waals surface area contributed by atoms with E-state index in [0.29, 0.717) is 16.3 Å². The van der Waals surface area contributed by atoms with Gasteiger partial charge in [-0.3, -0.25) is 14.9 Å². The number of benzene rings is 2. The van der Waals surface area contributed by atoms with Crippen LogP contribution in [0.2, 0.25) is 5.02 Å². The average Bonchev–Trinajstić information content (AvgIpc) is 2.57. The third-order valence-electron chi connectivity index (χ3n) is 3.37. The first-order valence-electron chi connectivity index (χ1n) is 6.97. The highest BCUT2D eigenvalue weighted by molar-refractivity contribution is 6.31. The van der Waals surface area contributed by atoms with Crippen LogP contribution in [0.5, 0.6) is 5.75 Å². The Morgan fingerprint density at radius 2 is 2.08 bits per heavy atom. The minimum absolute atomic E-state index is 0.195. The molecule has 0 fully saturated rings. The van der Waals surface area contributed by atoms with Gasteiger partial charge >= 0.3 is 0 Å². The summed E-state index contributed by atoms with van der Waals surface area (Å²) in [6.45, 7) is 1.71. The first kappa shape index (κ1) is 18.0. The normalized spacial score (nSPS) is 10.8. The highest BCUT2D eigenvalue weighted by atomic mass is 35.5. The largest absolute Gasteiger partial charge is 0.868 e. The molecule has 126 valence electrons. The van der Waals surface area contributed by atoms with Crippen molar-refractivity contribution in [3.05, 3.63) is 68.2 Å². The van der Waals surface area contributed by atoms with E-state index in [-0.39, 0.29) is 11.1 Å². The molecule has 0 aliphatic rings. The molecule has 2 aromatic rings. The second-order valence-electron chi connectivity index (χ2n) is 5.02. The Balaban J connectivity index is 2.33. The molecule has 0 unspecified atom stereocenters. The summed E-state index contributed by atoms with van der Waals surface area (Å²) in [5.74, 6) is -1.44. The number of nitriles is 1. The molecule has 0 heterocycles. The van der Waals surface area contributed by atoms with Gasteiger partial charge in [-0.15, -0.1) is 0 Å². The molecule has 1 amide bonds. The molecular weight excluding hydrogens is 346 g/mol. The molecule has 25 heavy (non-hydrogen) atoms. The lowest BCUT2D eigenvalue weighted by atomic mass is 10.1. The number of rotatable bonds is 4. The molecular formula is C17H11ClN3O4-. The van der Waals surface area contributed by atoms with Crippen LogP contribution in [0.4, 0.5) is 11.4 Å². The number of halogens is 1. The number of hydrogen-bond donors (Lipinski definition) is 1. The van der Waals surface area contributed by atoms with Crippen molar-refractivity contribution < 1.29 is 14.8 Å². The fourth-order valence-corrected chi connectivity index (χ4v) is 2.19. The minimum Gasteiger partial charge on any atom is -0.868 e. The van der Waals surface area contributed by atoms with Gasteiger partial charge in [0.25, 0.3) is 11.6 Å². The maximum Gasteiger partial charge on any atom is 0.266 e. The second-order valence-corrected chi connectivity index (χ2v) is 5.43. The molecule has 0 radical (unpaired) electrons. The lowest BCUT2D eigenvalue weighted by Gasteiger charge is -2.09. The van der Waals surface area contributed by atoms with Crippen LogP contribution in [0.3, 0.4) is 0 Å². The number of nitrogens with zero attached hydrogens (tertiary/aromatic N) is 2. The zero-order valence-electron chi connectivity index (χ0n) is 12.9. The van der Waals surface area contributed by atoms with E-state index in [1.54, 1.807) is 31.2 Å². The first-order chi connectivity index (χ1) is 11.8. The highest BCUT2D eigenvalue weighted by Crippen LogP contribution is 2.26. The molecule has 0 saturated heterocycles. The minimum atomic E-state index is -0.818. The Labute approximate surface area is 147 Å². The maximum absolute atomic E-state index is 12.3. The standard InChI is InChI=1S/C17H12ClN3O4/c1-10-13(18)3-2-4-14(10)20-17(23)12(9-19)7-11-5-6-16(22)15(8-11)21(24)25/h2-8,22H,1H3,(H,20,23)/p-1/b12-7+. The molecule has 2 rings (SSSR count). The summed E-state index contributed by atoms with van der Waals surface area (Å²) in [7, 11) is 0. The molecule has 1 N–H and O–H groups in total. The first-order valence-corrected chi connectivity index (χ1v) is 7.35. The number of nitrogens with one attached hydrogen (secondary N) is 1. The van der Waals surface area contributed by atoms with Gasteiger partial charge in [0.2, 0.25) is 0 Å². The summed E-state index contributed by atoms with van der Waals surface area (Å²) < 4.78 is 0. The van der Waals surface area contributed by atoms with Gasteiger partial charge in [0.05, 0.1) is 4.92 Å². The number of amides is 1. The zero-order chi connectivity index (χ0) is 18.6. The van der Waals surface area contributed by atoms with Crippen molar-refractivity contribution in [1.29, 1.82) is 5.26 Å². The predicted octanol–water partition coefficient (Wildman–Crippen LogP) is 3.18. The Hall–Kier alpha value is -3.37. The predicted molar refractivity (Wildman–Crippen MR) is 91.0 cm³/mol. The average molecular weight is 357 g/mol. The smallest absolute Gasteiger partial charge is 0.266 e. The quantitative estimate of drug-likeness (QED) is 0.390. The van der Waals surface area contributed by atoms with E-state index in [0.717, 1.165) is 12.1 Å². The number of hydrogen-bond acceptors (Lipinski definition) is 5. The Morgan fingerprint density at radius 3 is 2.72 bits per heavy atom. The molecule has 2 aromatic carbocycles. The van der Waals surface area contributed by atoms with Crippen LogP contribution in [-0.2, 0) is 4.79 Å². The molecule has 8 heteroatoms. The van der Waals surface area contributed by atoms with Gasteiger partial charge in [0, 0.05) is 16.8 Å². The van der Waals surface area contributed by atoms with Crippen molar-refractivity contribution in [1.82, 2.24) is 0 Å². The summed E-state index contributed by atoms with van der Waals surface area (Å²) in [5, 5.41) is 34.4. The molecule has 0 bridgehead atoms. The van der Waals surface area contributed by atoms with Crippen LogP contribution >= 0.6 is 11.6 Å². The lowest BCUT2D eigenvalue weighted by molar-refractivity contribution is -0.398. The van der Waals surface area contributed by atoms with Crippen LogP contribution in [-0.4, -0.2) is 10.8 Å².